The molecular weight excluding hydrogens is 352 g/mol. The van der Waals surface area contributed by atoms with Crippen molar-refractivity contribution >= 4 is 23.1 Å². The first kappa shape index (κ1) is 19.6. The quantitative estimate of drug-likeness (QED) is 0.742. The van der Waals surface area contributed by atoms with Crippen LogP contribution in [0.5, 0.6) is 5.75 Å². The van der Waals surface area contributed by atoms with E-state index in [-0.39, 0.29) is 0 Å². The van der Waals surface area contributed by atoms with Crippen molar-refractivity contribution in [3.8, 4) is 22.4 Å². The summed E-state index contributed by atoms with van der Waals surface area (Å²) in [6, 6.07) is 7.28. The highest BCUT2D eigenvalue weighted by Gasteiger charge is 2.29. The summed E-state index contributed by atoms with van der Waals surface area (Å²) >= 11 is 1.16. The topological polar surface area (TPSA) is 100 Å². The number of Topliss-reactive ketones (excluding diaryl/α,β-unsaturated/α-hetero) is 1. The minimum atomic E-state index is -1.22. The van der Waals surface area contributed by atoms with Crippen LogP contribution in [0.1, 0.15) is 42.8 Å². The maximum absolute atomic E-state index is 11.7. The van der Waals surface area contributed by atoms with Crippen LogP contribution in [0.25, 0.3) is 10.6 Å². The Morgan fingerprint density at radius 2 is 2.08 bits per heavy atom. The number of carbonyl (C=O) groups excluding carboxylic acids is 1. The molecule has 1 atom stereocenters. The Bertz CT molecular complexity index is 866. The fourth-order valence-corrected chi connectivity index (χ4v) is 3.62. The first-order valence-electron chi connectivity index (χ1n) is 8.12. The predicted octanol–water partition coefficient (Wildman–Crippen LogP) is 3.78. The van der Waals surface area contributed by atoms with Gasteiger partial charge in [-0.15, -0.1) is 11.3 Å². The van der Waals surface area contributed by atoms with E-state index in [1.165, 1.54) is 6.92 Å². The van der Waals surface area contributed by atoms with Crippen LogP contribution in [0.4, 0.5) is 0 Å². The molecule has 1 unspecified atom stereocenters. The van der Waals surface area contributed by atoms with Crippen molar-refractivity contribution in [2.24, 2.45) is 5.92 Å². The van der Waals surface area contributed by atoms with E-state index in [4.69, 9.17) is 4.74 Å². The molecular formula is C19H20N2O4S. The summed E-state index contributed by atoms with van der Waals surface area (Å²) in [6.07, 6.45) is 0. The van der Waals surface area contributed by atoms with Gasteiger partial charge in [0.15, 0.2) is 5.92 Å². The Hall–Kier alpha value is -2.72. The zero-order valence-corrected chi connectivity index (χ0v) is 15.9. The molecule has 0 saturated carbocycles. The second-order valence-corrected chi connectivity index (χ2v) is 7.41. The lowest BCUT2D eigenvalue weighted by atomic mass is 10.0. The number of nitrogens with zero attached hydrogens (tertiary/aromatic N) is 2. The molecule has 7 heteroatoms. The largest absolute Gasteiger partial charge is 0.492 e. The summed E-state index contributed by atoms with van der Waals surface area (Å²) in [5.74, 6) is -2.00. The zero-order chi connectivity index (χ0) is 19.4. The van der Waals surface area contributed by atoms with Gasteiger partial charge in [0.05, 0.1) is 17.9 Å². The van der Waals surface area contributed by atoms with Crippen molar-refractivity contribution in [3.05, 3.63) is 34.3 Å². The average molecular weight is 372 g/mol. The third-order valence-electron chi connectivity index (χ3n) is 3.67. The molecule has 0 aliphatic carbocycles. The number of aryl methyl sites for hydroxylation is 1. The molecule has 6 nitrogen and oxygen atoms in total. The molecule has 26 heavy (non-hydrogen) atoms. The molecule has 0 aliphatic heterocycles. The molecule has 0 fully saturated rings. The van der Waals surface area contributed by atoms with E-state index in [2.05, 4.69) is 11.1 Å². The van der Waals surface area contributed by atoms with Crippen LogP contribution in [-0.2, 0) is 9.59 Å². The predicted molar refractivity (Wildman–Crippen MR) is 98.4 cm³/mol. The fraction of sp³-hybridized carbons (Fsp3) is 0.368. The van der Waals surface area contributed by atoms with E-state index in [0.29, 0.717) is 45.0 Å². The molecule has 0 aliphatic rings. The summed E-state index contributed by atoms with van der Waals surface area (Å²) in [6.45, 7) is 7.49. The number of aliphatic carboxylic acids is 1. The standard InChI is InChI=1S/C19H20N2O4S/c1-10(2)9-25-15-6-5-13(7-14(15)8-20)18-21-11(3)17(26-18)16(12(4)22)19(23)24/h5-7,10,16H,9H2,1-4H3,(H,23,24). The van der Waals surface area contributed by atoms with Crippen LogP contribution in [0.3, 0.4) is 0 Å². The number of rotatable bonds is 7. The van der Waals surface area contributed by atoms with E-state index in [9.17, 15) is 20.0 Å². The molecule has 1 heterocycles. The number of aromatic nitrogens is 1. The van der Waals surface area contributed by atoms with Gasteiger partial charge in [0.1, 0.15) is 22.6 Å². The minimum Gasteiger partial charge on any atom is -0.492 e. The van der Waals surface area contributed by atoms with Crippen molar-refractivity contribution < 1.29 is 19.4 Å². The van der Waals surface area contributed by atoms with Crippen molar-refractivity contribution in [3.63, 3.8) is 0 Å². The number of hydrogen-bond acceptors (Lipinski definition) is 6. The Morgan fingerprint density at radius 3 is 2.62 bits per heavy atom. The molecule has 0 spiro atoms. The van der Waals surface area contributed by atoms with Crippen molar-refractivity contribution in [1.29, 1.82) is 5.26 Å². The Kier molecular flexibility index (Phi) is 6.11. The number of hydrogen-bond donors (Lipinski definition) is 1. The molecule has 1 aromatic carbocycles. The summed E-state index contributed by atoms with van der Waals surface area (Å²) in [5.41, 5.74) is 1.58. The number of carboxylic acid groups (broad SMARTS) is 1. The summed E-state index contributed by atoms with van der Waals surface area (Å²) in [4.78, 5) is 27.9. The number of nitriles is 1. The van der Waals surface area contributed by atoms with Gasteiger partial charge in [-0.1, -0.05) is 13.8 Å². The van der Waals surface area contributed by atoms with E-state index in [1.54, 1.807) is 25.1 Å². The number of thiazole rings is 1. The lowest BCUT2D eigenvalue weighted by molar-refractivity contribution is -0.142. The number of ether oxygens (including phenoxy) is 1. The minimum absolute atomic E-state index is 0.338. The maximum atomic E-state index is 11.7. The van der Waals surface area contributed by atoms with Crippen molar-refractivity contribution in [2.45, 2.75) is 33.6 Å². The van der Waals surface area contributed by atoms with Crippen molar-refractivity contribution in [1.82, 2.24) is 4.98 Å². The van der Waals surface area contributed by atoms with Gasteiger partial charge in [0.25, 0.3) is 0 Å². The fourth-order valence-electron chi connectivity index (χ4n) is 2.40. The average Bonchev–Trinajstić information content (AvgIpc) is 2.93. The summed E-state index contributed by atoms with van der Waals surface area (Å²) in [5, 5.41) is 19.3. The van der Waals surface area contributed by atoms with Gasteiger partial charge < -0.3 is 9.84 Å². The van der Waals surface area contributed by atoms with E-state index in [0.717, 1.165) is 11.3 Å². The van der Waals surface area contributed by atoms with Gasteiger partial charge in [-0.05, 0) is 38.0 Å². The van der Waals surface area contributed by atoms with Crippen LogP contribution < -0.4 is 4.74 Å². The van der Waals surface area contributed by atoms with Crippen LogP contribution in [-0.4, -0.2) is 28.4 Å². The Labute approximate surface area is 156 Å². The van der Waals surface area contributed by atoms with E-state index >= 15 is 0 Å². The van der Waals surface area contributed by atoms with Crippen LogP contribution >= 0.6 is 11.3 Å². The highest BCUT2D eigenvalue weighted by molar-refractivity contribution is 7.15. The SMILES string of the molecule is CC(=O)C(C(=O)O)c1sc(-c2ccc(OCC(C)C)c(C#N)c2)nc1C. The van der Waals surface area contributed by atoms with Gasteiger partial charge in [-0.25, -0.2) is 4.98 Å². The summed E-state index contributed by atoms with van der Waals surface area (Å²) < 4.78 is 5.65. The number of benzene rings is 1. The molecule has 0 bridgehead atoms. The number of ketones is 1. The zero-order valence-electron chi connectivity index (χ0n) is 15.1. The monoisotopic (exact) mass is 372 g/mol. The third-order valence-corrected chi connectivity index (χ3v) is 4.94. The van der Waals surface area contributed by atoms with Crippen molar-refractivity contribution in [2.75, 3.05) is 6.61 Å². The second-order valence-electron chi connectivity index (χ2n) is 6.38. The third kappa shape index (κ3) is 4.27. The highest BCUT2D eigenvalue weighted by atomic mass is 32.1. The van der Waals surface area contributed by atoms with E-state index in [1.807, 2.05) is 13.8 Å². The van der Waals surface area contributed by atoms with Gasteiger partial charge >= 0.3 is 5.97 Å². The normalized spacial score (nSPS) is 11.8. The molecule has 0 radical (unpaired) electrons. The van der Waals surface area contributed by atoms with Gasteiger partial charge in [-0.2, -0.15) is 5.26 Å². The van der Waals surface area contributed by atoms with Crippen LogP contribution in [0.2, 0.25) is 0 Å². The Morgan fingerprint density at radius 1 is 1.38 bits per heavy atom. The Balaban J connectivity index is 2.41. The van der Waals surface area contributed by atoms with E-state index < -0.39 is 17.7 Å². The highest BCUT2D eigenvalue weighted by Crippen LogP contribution is 2.35. The second kappa shape index (κ2) is 8.11. The molecule has 1 aromatic heterocycles. The number of carboxylic acids is 1. The first-order chi connectivity index (χ1) is 12.2. The van der Waals surface area contributed by atoms with Gasteiger partial charge in [0.2, 0.25) is 0 Å². The maximum Gasteiger partial charge on any atom is 0.319 e. The molecule has 1 N–H and O–H groups in total. The lowest BCUT2D eigenvalue weighted by Crippen LogP contribution is -2.18. The van der Waals surface area contributed by atoms with Crippen LogP contribution in [0, 0.1) is 24.2 Å². The summed E-state index contributed by atoms with van der Waals surface area (Å²) in [7, 11) is 0. The molecule has 2 rings (SSSR count). The number of carbonyl (C=O) groups is 2. The van der Waals surface area contributed by atoms with Gasteiger partial charge in [0, 0.05) is 10.4 Å². The van der Waals surface area contributed by atoms with Gasteiger partial charge in [-0.3, -0.25) is 9.59 Å². The van der Waals surface area contributed by atoms with Crippen LogP contribution in [0.15, 0.2) is 18.2 Å². The molecule has 0 saturated heterocycles. The lowest BCUT2D eigenvalue weighted by Gasteiger charge is -2.10. The smallest absolute Gasteiger partial charge is 0.319 e. The molecule has 136 valence electrons. The molecule has 2 aromatic rings. The first-order valence-corrected chi connectivity index (χ1v) is 8.94. The molecule has 0 amide bonds.